The third-order valence-corrected chi connectivity index (χ3v) is 7.40. The highest BCUT2D eigenvalue weighted by atomic mass is 35.5. The molecule has 1 fully saturated rings. The highest BCUT2D eigenvalue weighted by molar-refractivity contribution is 6.30. The summed E-state index contributed by atoms with van der Waals surface area (Å²) in [7, 11) is 0. The molecule has 12 heteroatoms. The summed E-state index contributed by atoms with van der Waals surface area (Å²) in [5.74, 6) is 1.41. The van der Waals surface area contributed by atoms with Gasteiger partial charge >= 0.3 is 6.18 Å². The highest BCUT2D eigenvalue weighted by Gasteiger charge is 2.38. The Morgan fingerprint density at radius 2 is 1.85 bits per heavy atom. The number of aryl methyl sites for hydroxylation is 1. The van der Waals surface area contributed by atoms with Crippen LogP contribution in [0, 0.1) is 6.92 Å². The van der Waals surface area contributed by atoms with Crippen LogP contribution in [0.15, 0.2) is 52.2 Å². The van der Waals surface area contributed by atoms with Crippen LogP contribution in [0.25, 0.3) is 0 Å². The normalized spacial score (nSPS) is 16.7. The van der Waals surface area contributed by atoms with Gasteiger partial charge in [0.25, 0.3) is 10.9 Å². The van der Waals surface area contributed by atoms with E-state index >= 15 is 0 Å². The van der Waals surface area contributed by atoms with Crippen LogP contribution in [-0.2, 0) is 12.7 Å². The van der Waals surface area contributed by atoms with E-state index < -0.39 is 28.8 Å². The number of hydrogen-bond donors (Lipinski definition) is 1. The average molecular weight is 559 g/mol. The molecule has 1 saturated heterocycles. The van der Waals surface area contributed by atoms with E-state index in [0.29, 0.717) is 35.9 Å². The molecule has 2 aromatic carbocycles. The van der Waals surface area contributed by atoms with Crippen LogP contribution in [0.3, 0.4) is 0 Å². The van der Waals surface area contributed by atoms with Gasteiger partial charge in [0.2, 0.25) is 0 Å². The fourth-order valence-corrected chi connectivity index (χ4v) is 5.20. The van der Waals surface area contributed by atoms with Crippen molar-refractivity contribution in [3.05, 3.63) is 96.5 Å². The number of alkyl halides is 3. The molecule has 1 N–H and O–H groups in total. The quantitative estimate of drug-likeness (QED) is 0.297. The second-order valence-corrected chi connectivity index (χ2v) is 10.1. The Bertz CT molecular complexity index is 1540. The summed E-state index contributed by atoms with van der Waals surface area (Å²) < 4.78 is 40.8. The summed E-state index contributed by atoms with van der Waals surface area (Å²) in [5.41, 5.74) is -0.285. The molecule has 0 aliphatic carbocycles. The first-order chi connectivity index (χ1) is 18.6. The van der Waals surface area contributed by atoms with Crippen molar-refractivity contribution in [1.29, 1.82) is 0 Å². The second-order valence-electron chi connectivity index (χ2n) is 9.63. The number of nitrogens with one attached hydrogen (secondary N) is 1. The Morgan fingerprint density at radius 1 is 1.10 bits per heavy atom. The lowest BCUT2D eigenvalue weighted by atomic mass is 10.0. The third-order valence-electron chi connectivity index (χ3n) is 7.15. The van der Waals surface area contributed by atoms with Crippen LogP contribution in [0.4, 0.5) is 24.5 Å². The first-order valence-corrected chi connectivity index (χ1v) is 13.0. The Kier molecular flexibility index (Phi) is 7.19. The molecule has 8 nitrogen and oxygen atoms in total. The van der Waals surface area contributed by atoms with Crippen LogP contribution in [0.2, 0.25) is 5.02 Å². The predicted octanol–water partition coefficient (Wildman–Crippen LogP) is 5.20. The number of aromatic nitrogens is 4. The first kappa shape index (κ1) is 26.9. The molecule has 5 rings (SSSR count). The van der Waals surface area contributed by atoms with Crippen LogP contribution < -0.4 is 21.1 Å². The lowest BCUT2D eigenvalue weighted by Gasteiger charge is -2.30. The summed E-state index contributed by atoms with van der Waals surface area (Å²) in [6, 6.07) is 8.97. The molecule has 0 radical (unpaired) electrons. The fraction of sp³-hybridized carbons (Fsp3) is 0.370. The number of pyridine rings is 1. The highest BCUT2D eigenvalue weighted by Crippen LogP contribution is 2.39. The van der Waals surface area contributed by atoms with Crippen molar-refractivity contribution in [3.63, 3.8) is 0 Å². The van der Waals surface area contributed by atoms with Crippen molar-refractivity contribution in [3.8, 4) is 0 Å². The lowest BCUT2D eigenvalue weighted by molar-refractivity contribution is -0.141. The largest absolute Gasteiger partial charge is 0.433 e. The fourth-order valence-electron chi connectivity index (χ4n) is 5.08. The maximum absolute atomic E-state index is 12.9. The molecule has 39 heavy (non-hydrogen) atoms. The number of rotatable bonds is 8. The summed E-state index contributed by atoms with van der Waals surface area (Å²) in [4.78, 5) is 30.9. The summed E-state index contributed by atoms with van der Waals surface area (Å²) in [5, 5.41) is 12.5. The van der Waals surface area contributed by atoms with Gasteiger partial charge in [0, 0.05) is 17.8 Å². The molecule has 2 aromatic heterocycles. The van der Waals surface area contributed by atoms with E-state index in [0.717, 1.165) is 36.5 Å². The van der Waals surface area contributed by atoms with Gasteiger partial charge in [-0.3, -0.25) is 14.6 Å². The van der Waals surface area contributed by atoms with E-state index in [1.165, 1.54) is 6.07 Å². The summed E-state index contributed by atoms with van der Waals surface area (Å²) >= 11 is 6.03. The smallest absolute Gasteiger partial charge is 0.373 e. The predicted molar refractivity (Wildman–Crippen MR) is 142 cm³/mol. The van der Waals surface area contributed by atoms with Crippen molar-refractivity contribution in [2.75, 3.05) is 16.8 Å². The van der Waals surface area contributed by atoms with E-state index in [1.807, 2.05) is 47.6 Å². The number of halogens is 4. The van der Waals surface area contributed by atoms with Crippen LogP contribution in [-0.4, -0.2) is 26.3 Å². The monoisotopic (exact) mass is 558 g/mol. The van der Waals surface area contributed by atoms with E-state index in [2.05, 4.69) is 20.5 Å². The van der Waals surface area contributed by atoms with Gasteiger partial charge in [-0.1, -0.05) is 36.7 Å². The molecule has 1 aliphatic rings. The molecule has 0 unspecified atom stereocenters. The molecule has 2 atom stereocenters. The number of nitrogens with zero attached hydrogens (tertiary/aromatic N) is 5. The zero-order chi connectivity index (χ0) is 27.9. The first-order valence-electron chi connectivity index (χ1n) is 12.6. The molecule has 0 spiro atoms. The summed E-state index contributed by atoms with van der Waals surface area (Å²) in [6.07, 6.45) is -1.43. The van der Waals surface area contributed by atoms with Crippen molar-refractivity contribution < 1.29 is 13.2 Å². The maximum atomic E-state index is 12.9. The van der Waals surface area contributed by atoms with Crippen molar-refractivity contribution in [2.24, 2.45) is 0 Å². The van der Waals surface area contributed by atoms with Gasteiger partial charge in [0.05, 0.1) is 18.6 Å². The molecular weight excluding hydrogens is 533 g/mol. The van der Waals surface area contributed by atoms with E-state index in [-0.39, 0.29) is 17.4 Å². The Labute approximate surface area is 227 Å². The Balaban J connectivity index is 1.42. The van der Waals surface area contributed by atoms with Crippen molar-refractivity contribution >= 4 is 23.0 Å². The maximum Gasteiger partial charge on any atom is 0.433 e. The summed E-state index contributed by atoms with van der Waals surface area (Å²) in [6.45, 7) is 4.77. The molecule has 3 heterocycles. The minimum Gasteiger partial charge on any atom is -0.373 e. The van der Waals surface area contributed by atoms with Gasteiger partial charge in [-0.15, -0.1) is 10.2 Å². The molecular formula is C27H26ClF3N6O2. The van der Waals surface area contributed by atoms with Crippen LogP contribution in [0.1, 0.15) is 66.7 Å². The standard InChI is InChI=1S/C27H26ClF3N6O2/c1-3-19(17-8-11-21(32-13-17)27(29,30)31)33-22-23(25(39)24(22)38)36-12-4-5-20(36)26-35-34-15(2)37(26)14-16-6-9-18(28)10-7-16/h6-11,13,19-20,33H,3-5,12,14H2,1-2H3/t19-,20+/m0/s1. The SMILES string of the molecule is CC[C@H](Nc1c(N2CCC[C@@H]2c2nnc(C)n2Cc2ccc(Cl)cc2)c(=O)c1=O)c1ccc(C(F)(F)F)nc1. The Morgan fingerprint density at radius 3 is 2.49 bits per heavy atom. The lowest BCUT2D eigenvalue weighted by Crippen LogP contribution is -2.43. The minimum atomic E-state index is -4.54. The van der Waals surface area contributed by atoms with E-state index in [1.54, 1.807) is 0 Å². The zero-order valence-electron chi connectivity index (χ0n) is 21.3. The second kappa shape index (κ2) is 10.4. The van der Waals surface area contributed by atoms with E-state index in [9.17, 15) is 22.8 Å². The zero-order valence-corrected chi connectivity index (χ0v) is 22.1. The van der Waals surface area contributed by atoms with Gasteiger partial charge in [-0.05, 0) is 55.5 Å². The molecule has 0 bridgehead atoms. The molecule has 0 amide bonds. The molecule has 1 aliphatic heterocycles. The van der Waals surface area contributed by atoms with Crippen molar-refractivity contribution in [2.45, 2.75) is 57.9 Å². The van der Waals surface area contributed by atoms with Gasteiger partial charge in [-0.25, -0.2) is 0 Å². The average Bonchev–Trinajstić information content (AvgIpc) is 3.53. The molecule has 0 saturated carbocycles. The van der Waals surface area contributed by atoms with Gasteiger partial charge < -0.3 is 14.8 Å². The number of hydrogen-bond acceptors (Lipinski definition) is 7. The van der Waals surface area contributed by atoms with Crippen LogP contribution >= 0.6 is 11.6 Å². The van der Waals surface area contributed by atoms with Crippen molar-refractivity contribution in [1.82, 2.24) is 19.7 Å². The topological polar surface area (TPSA) is 93.0 Å². The number of anilines is 2. The van der Waals surface area contributed by atoms with E-state index in [4.69, 9.17) is 11.6 Å². The van der Waals surface area contributed by atoms with Gasteiger partial charge in [-0.2, -0.15) is 13.2 Å². The number of benzene rings is 1. The minimum absolute atomic E-state index is 0.166. The van der Waals surface area contributed by atoms with Crippen LogP contribution in [0.5, 0.6) is 0 Å². The molecule has 4 aromatic rings. The van der Waals surface area contributed by atoms with Gasteiger partial charge in [0.15, 0.2) is 5.82 Å². The van der Waals surface area contributed by atoms with Gasteiger partial charge in [0.1, 0.15) is 22.9 Å². The third kappa shape index (κ3) is 5.15. The Hall–Kier alpha value is -3.73. The molecule has 204 valence electrons.